The van der Waals surface area contributed by atoms with Gasteiger partial charge in [0, 0.05) is 12.3 Å². The summed E-state index contributed by atoms with van der Waals surface area (Å²) < 4.78 is 0. The van der Waals surface area contributed by atoms with Gasteiger partial charge in [-0.3, -0.25) is 9.59 Å². The van der Waals surface area contributed by atoms with Gasteiger partial charge in [-0.25, -0.2) is 0 Å². The number of rotatable bonds is 3. The fourth-order valence-electron chi connectivity index (χ4n) is 1.25. The molecule has 17 heavy (non-hydrogen) atoms. The van der Waals surface area contributed by atoms with Gasteiger partial charge in [0.1, 0.15) is 0 Å². The monoisotopic (exact) mass is 234 g/mol. The van der Waals surface area contributed by atoms with Crippen LogP contribution >= 0.6 is 0 Å². The SMILES string of the molecule is CC(NC(=O)c1ccc(=O)[nH]c1)c1nn[nH]n1. The summed E-state index contributed by atoms with van der Waals surface area (Å²) in [5.74, 6) is 0.0707. The van der Waals surface area contributed by atoms with Gasteiger partial charge in [0.2, 0.25) is 5.56 Å². The van der Waals surface area contributed by atoms with Crippen LogP contribution in [-0.4, -0.2) is 31.5 Å². The first kappa shape index (κ1) is 11.0. The zero-order valence-corrected chi connectivity index (χ0v) is 8.97. The van der Waals surface area contributed by atoms with Gasteiger partial charge >= 0.3 is 0 Å². The maximum atomic E-state index is 11.7. The number of nitrogens with zero attached hydrogens (tertiary/aromatic N) is 3. The molecule has 0 aromatic carbocycles. The summed E-state index contributed by atoms with van der Waals surface area (Å²) in [7, 11) is 0. The highest BCUT2D eigenvalue weighted by molar-refractivity contribution is 5.93. The number of tetrazole rings is 1. The first-order chi connectivity index (χ1) is 8.16. The van der Waals surface area contributed by atoms with Crippen LogP contribution in [0.1, 0.15) is 29.1 Å². The van der Waals surface area contributed by atoms with Gasteiger partial charge in [0.05, 0.1) is 11.6 Å². The highest BCUT2D eigenvalue weighted by atomic mass is 16.2. The van der Waals surface area contributed by atoms with Crippen molar-refractivity contribution in [2.24, 2.45) is 0 Å². The Morgan fingerprint density at radius 2 is 2.29 bits per heavy atom. The summed E-state index contributed by atoms with van der Waals surface area (Å²) in [6, 6.07) is 2.36. The van der Waals surface area contributed by atoms with E-state index in [1.165, 1.54) is 18.3 Å². The third-order valence-corrected chi connectivity index (χ3v) is 2.14. The topological polar surface area (TPSA) is 116 Å². The number of pyridine rings is 1. The van der Waals surface area contributed by atoms with E-state index in [1.54, 1.807) is 6.92 Å². The summed E-state index contributed by atoms with van der Waals surface area (Å²) in [6.45, 7) is 1.73. The third kappa shape index (κ3) is 2.54. The molecular formula is C9H10N6O2. The van der Waals surface area contributed by atoms with Crippen LogP contribution in [0.2, 0.25) is 0 Å². The van der Waals surface area contributed by atoms with Gasteiger partial charge in [0.25, 0.3) is 5.91 Å². The van der Waals surface area contributed by atoms with E-state index in [-0.39, 0.29) is 17.5 Å². The largest absolute Gasteiger partial charge is 0.342 e. The van der Waals surface area contributed by atoms with Crippen LogP contribution in [0.15, 0.2) is 23.1 Å². The maximum absolute atomic E-state index is 11.7. The smallest absolute Gasteiger partial charge is 0.253 e. The molecular weight excluding hydrogens is 224 g/mol. The van der Waals surface area contributed by atoms with Crippen LogP contribution in [-0.2, 0) is 0 Å². The number of H-pyrrole nitrogens is 2. The normalized spacial score (nSPS) is 12.1. The molecule has 1 amide bonds. The third-order valence-electron chi connectivity index (χ3n) is 2.14. The van der Waals surface area contributed by atoms with E-state index in [2.05, 4.69) is 30.9 Å². The molecule has 8 nitrogen and oxygen atoms in total. The number of amides is 1. The first-order valence-corrected chi connectivity index (χ1v) is 4.90. The van der Waals surface area contributed by atoms with Crippen LogP contribution in [0.4, 0.5) is 0 Å². The molecule has 1 unspecified atom stereocenters. The molecule has 2 heterocycles. The minimum absolute atomic E-state index is 0.257. The van der Waals surface area contributed by atoms with Gasteiger partial charge < -0.3 is 10.3 Å². The molecule has 0 aliphatic heterocycles. The molecule has 2 aromatic heterocycles. The Kier molecular flexibility index (Phi) is 2.95. The van der Waals surface area contributed by atoms with Crippen molar-refractivity contribution in [3.63, 3.8) is 0 Å². The van der Waals surface area contributed by atoms with Crippen molar-refractivity contribution in [2.45, 2.75) is 13.0 Å². The summed E-state index contributed by atoms with van der Waals surface area (Å²) in [4.78, 5) is 25.0. The Morgan fingerprint density at radius 3 is 2.88 bits per heavy atom. The van der Waals surface area contributed by atoms with Crippen molar-refractivity contribution in [3.8, 4) is 0 Å². The Labute approximate surface area is 95.4 Å². The molecule has 0 saturated carbocycles. The quantitative estimate of drug-likeness (QED) is 0.654. The molecule has 0 aliphatic carbocycles. The number of aromatic nitrogens is 5. The molecule has 0 radical (unpaired) electrons. The molecule has 0 bridgehead atoms. The summed E-state index contributed by atoms with van der Waals surface area (Å²) >= 11 is 0. The number of carbonyl (C=O) groups excluding carboxylic acids is 1. The fourth-order valence-corrected chi connectivity index (χ4v) is 1.25. The standard InChI is InChI=1S/C9H10N6O2/c1-5(8-12-14-15-13-8)11-9(17)6-2-3-7(16)10-4-6/h2-5H,1H3,(H,10,16)(H,11,17)(H,12,13,14,15). The zero-order valence-electron chi connectivity index (χ0n) is 8.97. The van der Waals surface area contributed by atoms with Crippen LogP contribution in [0.5, 0.6) is 0 Å². The number of nitrogens with one attached hydrogen (secondary N) is 3. The van der Waals surface area contributed by atoms with E-state index >= 15 is 0 Å². The van der Waals surface area contributed by atoms with E-state index < -0.39 is 0 Å². The van der Waals surface area contributed by atoms with Gasteiger partial charge in [-0.15, -0.1) is 10.2 Å². The molecule has 8 heteroatoms. The van der Waals surface area contributed by atoms with Crippen molar-refractivity contribution in [3.05, 3.63) is 40.1 Å². The highest BCUT2D eigenvalue weighted by Gasteiger charge is 2.14. The predicted molar refractivity (Wildman–Crippen MR) is 57.1 cm³/mol. The maximum Gasteiger partial charge on any atom is 0.253 e. The second-order valence-electron chi connectivity index (χ2n) is 3.41. The van der Waals surface area contributed by atoms with Gasteiger partial charge in [-0.05, 0) is 13.0 Å². The second kappa shape index (κ2) is 4.56. The van der Waals surface area contributed by atoms with E-state index in [1.807, 2.05) is 0 Å². The predicted octanol–water partition coefficient (Wildman–Crippen LogP) is -0.621. The first-order valence-electron chi connectivity index (χ1n) is 4.90. The van der Waals surface area contributed by atoms with E-state index in [0.29, 0.717) is 11.4 Å². The zero-order chi connectivity index (χ0) is 12.3. The highest BCUT2D eigenvalue weighted by Crippen LogP contribution is 2.04. The number of hydrogen-bond donors (Lipinski definition) is 3. The lowest BCUT2D eigenvalue weighted by Crippen LogP contribution is -2.28. The average Bonchev–Trinajstić information content (AvgIpc) is 2.83. The van der Waals surface area contributed by atoms with Crippen LogP contribution < -0.4 is 10.9 Å². The molecule has 1 atom stereocenters. The van der Waals surface area contributed by atoms with Crippen LogP contribution in [0.3, 0.4) is 0 Å². The Morgan fingerprint density at radius 1 is 1.47 bits per heavy atom. The summed E-state index contributed by atoms with van der Waals surface area (Å²) in [6.07, 6.45) is 1.35. The van der Waals surface area contributed by atoms with Crippen molar-refractivity contribution in [1.82, 2.24) is 30.9 Å². The lowest BCUT2D eigenvalue weighted by molar-refractivity contribution is 0.0938. The Hall–Kier alpha value is -2.51. The Balaban J connectivity index is 2.07. The fraction of sp³-hybridized carbons (Fsp3) is 0.222. The lowest BCUT2D eigenvalue weighted by atomic mass is 10.2. The van der Waals surface area contributed by atoms with Crippen molar-refractivity contribution >= 4 is 5.91 Å². The van der Waals surface area contributed by atoms with Gasteiger partial charge in [-0.2, -0.15) is 5.21 Å². The van der Waals surface area contributed by atoms with E-state index in [9.17, 15) is 9.59 Å². The van der Waals surface area contributed by atoms with Crippen LogP contribution in [0.25, 0.3) is 0 Å². The average molecular weight is 234 g/mol. The minimum Gasteiger partial charge on any atom is -0.342 e. The Bertz CT molecular complexity index is 541. The summed E-state index contributed by atoms with van der Waals surface area (Å²) in [5, 5.41) is 15.9. The number of aromatic amines is 2. The number of hydrogen-bond acceptors (Lipinski definition) is 5. The molecule has 0 saturated heterocycles. The van der Waals surface area contributed by atoms with Crippen molar-refractivity contribution < 1.29 is 4.79 Å². The molecule has 3 N–H and O–H groups in total. The van der Waals surface area contributed by atoms with E-state index in [0.717, 1.165) is 0 Å². The van der Waals surface area contributed by atoms with Crippen LogP contribution in [0, 0.1) is 0 Å². The lowest BCUT2D eigenvalue weighted by Gasteiger charge is -2.09. The van der Waals surface area contributed by atoms with Gasteiger partial charge in [-0.1, -0.05) is 5.21 Å². The molecule has 2 rings (SSSR count). The number of carbonyl (C=O) groups is 1. The molecule has 0 fully saturated rings. The van der Waals surface area contributed by atoms with Gasteiger partial charge in [0.15, 0.2) is 5.82 Å². The van der Waals surface area contributed by atoms with Crippen molar-refractivity contribution in [2.75, 3.05) is 0 Å². The molecule has 0 spiro atoms. The summed E-state index contributed by atoms with van der Waals surface area (Å²) in [5.41, 5.74) is 0.104. The van der Waals surface area contributed by atoms with E-state index in [4.69, 9.17) is 0 Å². The molecule has 88 valence electrons. The van der Waals surface area contributed by atoms with Crippen molar-refractivity contribution in [1.29, 1.82) is 0 Å². The second-order valence-corrected chi connectivity index (χ2v) is 3.41. The molecule has 0 aliphatic rings. The molecule has 2 aromatic rings. The minimum atomic E-state index is -0.367.